The molecule has 0 aromatic heterocycles. The highest BCUT2D eigenvalue weighted by atomic mass is 16.7. The Morgan fingerprint density at radius 2 is 0.613 bits per heavy atom. The van der Waals surface area contributed by atoms with E-state index in [0.29, 0.717) is 36.5 Å². The van der Waals surface area contributed by atoms with E-state index >= 15 is 0 Å². The Morgan fingerprint density at radius 3 is 0.840 bits per heavy atom. The number of fused-ring (bicyclic) bond motifs is 12. The molecule has 75 heavy (non-hydrogen) atoms. The standard InChI is InChI=1S/C63H60O12/c1-61(2,3)73-58(67)70-40-22-25-43-46(31-40)49(28-34-10-16-37(64)17-11-34)55-52(43)56-50(29-35-12-18-38(65)19-13-35)48-33-42(72-60(69)75-63(7,8)9)24-27-45(48)54(56)57-51(30-36-14-20-39(66)21-15-36)47-32-41(23-26-44(47)53(55)57)71-59(68)74-62(4,5)6/h10-27,31-33,49-51,64-66H,28-30H2,1-9H3. The van der Waals surface area contributed by atoms with Gasteiger partial charge in [0.05, 0.1) is 0 Å². The molecule has 7 aromatic carbocycles. The molecule has 7 aromatic rings. The van der Waals surface area contributed by atoms with Gasteiger partial charge in [0.25, 0.3) is 0 Å². The summed E-state index contributed by atoms with van der Waals surface area (Å²) in [4.78, 5) is 39.9. The van der Waals surface area contributed by atoms with Gasteiger partial charge >= 0.3 is 18.5 Å². The minimum absolute atomic E-state index is 0.137. The van der Waals surface area contributed by atoms with E-state index in [0.717, 1.165) is 83.5 Å². The number of carbonyl (C=O) groups is 3. The predicted octanol–water partition coefficient (Wildman–Crippen LogP) is 14.8. The van der Waals surface area contributed by atoms with Crippen LogP contribution in [0.4, 0.5) is 14.4 Å². The van der Waals surface area contributed by atoms with Crippen LogP contribution in [0, 0.1) is 0 Å². The summed E-state index contributed by atoms with van der Waals surface area (Å²) >= 11 is 0. The van der Waals surface area contributed by atoms with Gasteiger partial charge in [-0.25, -0.2) is 14.4 Å². The summed E-state index contributed by atoms with van der Waals surface area (Å²) in [6.07, 6.45) is -1.04. The van der Waals surface area contributed by atoms with Crippen LogP contribution in [-0.2, 0) is 33.5 Å². The lowest BCUT2D eigenvalue weighted by Gasteiger charge is -2.25. The third-order valence-electron chi connectivity index (χ3n) is 13.6. The van der Waals surface area contributed by atoms with Gasteiger partial charge in [-0.05, 0) is 238 Å². The van der Waals surface area contributed by atoms with E-state index in [9.17, 15) is 29.7 Å². The van der Waals surface area contributed by atoms with E-state index in [4.69, 9.17) is 28.4 Å². The van der Waals surface area contributed by atoms with Gasteiger partial charge in [-0.2, -0.15) is 0 Å². The molecule has 3 aliphatic carbocycles. The first-order chi connectivity index (χ1) is 35.4. The van der Waals surface area contributed by atoms with Crippen LogP contribution in [0.25, 0.3) is 33.4 Å². The van der Waals surface area contributed by atoms with E-state index in [-0.39, 0.29) is 35.0 Å². The average Bonchev–Trinajstić information content (AvgIpc) is 3.91. The Morgan fingerprint density at radius 1 is 0.373 bits per heavy atom. The summed E-state index contributed by atoms with van der Waals surface area (Å²) < 4.78 is 34.7. The predicted molar refractivity (Wildman–Crippen MR) is 284 cm³/mol. The molecular weight excluding hydrogens is 949 g/mol. The fraction of sp³-hybridized carbons (Fsp3) is 0.286. The van der Waals surface area contributed by atoms with Crippen molar-refractivity contribution in [2.75, 3.05) is 0 Å². The van der Waals surface area contributed by atoms with E-state index in [2.05, 4.69) is 0 Å². The van der Waals surface area contributed by atoms with Crippen molar-refractivity contribution in [3.05, 3.63) is 177 Å². The first kappa shape index (κ1) is 50.3. The van der Waals surface area contributed by atoms with Crippen molar-refractivity contribution in [3.63, 3.8) is 0 Å². The summed E-state index contributed by atoms with van der Waals surface area (Å²) in [5.74, 6) is 0.300. The van der Waals surface area contributed by atoms with Crippen molar-refractivity contribution in [3.8, 4) is 67.9 Å². The maximum atomic E-state index is 13.3. The highest BCUT2D eigenvalue weighted by Crippen LogP contribution is 2.66. The molecule has 0 radical (unpaired) electrons. The van der Waals surface area contributed by atoms with Gasteiger partial charge < -0.3 is 43.7 Å². The summed E-state index contributed by atoms with van der Waals surface area (Å²) in [5.41, 5.74) is 12.2. The molecule has 0 bridgehead atoms. The summed E-state index contributed by atoms with van der Waals surface area (Å²) in [5, 5.41) is 31.4. The molecule has 0 spiro atoms. The Balaban J connectivity index is 1.28. The summed E-state index contributed by atoms with van der Waals surface area (Å²) in [6.45, 7) is 16.0. The first-order valence-corrected chi connectivity index (χ1v) is 25.2. The first-order valence-electron chi connectivity index (χ1n) is 25.2. The summed E-state index contributed by atoms with van der Waals surface area (Å²) in [7, 11) is 0. The Hall–Kier alpha value is -8.25. The quantitative estimate of drug-likeness (QED) is 0.0712. The van der Waals surface area contributed by atoms with Crippen LogP contribution in [0.5, 0.6) is 34.5 Å². The van der Waals surface area contributed by atoms with Crippen LogP contribution in [0.15, 0.2) is 127 Å². The highest BCUT2D eigenvalue weighted by Gasteiger charge is 2.47. The lowest BCUT2D eigenvalue weighted by molar-refractivity contribution is 0.0193. The zero-order chi connectivity index (χ0) is 53.3. The van der Waals surface area contributed by atoms with Crippen molar-refractivity contribution < 1.29 is 58.1 Å². The van der Waals surface area contributed by atoms with E-state index in [1.807, 2.05) is 72.8 Å². The van der Waals surface area contributed by atoms with E-state index in [1.54, 1.807) is 117 Å². The van der Waals surface area contributed by atoms with Gasteiger partial charge in [-0.3, -0.25) is 0 Å². The number of hydrogen-bond donors (Lipinski definition) is 3. The molecule has 0 amide bonds. The third kappa shape index (κ3) is 10.5. The van der Waals surface area contributed by atoms with Crippen molar-refractivity contribution in [2.24, 2.45) is 0 Å². The second-order valence-electron chi connectivity index (χ2n) is 22.6. The van der Waals surface area contributed by atoms with Gasteiger partial charge in [0.15, 0.2) is 0 Å². The molecule has 3 unspecified atom stereocenters. The topological polar surface area (TPSA) is 167 Å². The summed E-state index contributed by atoms with van der Waals surface area (Å²) in [6, 6.07) is 38.7. The van der Waals surface area contributed by atoms with E-state index in [1.165, 1.54) is 0 Å². The fourth-order valence-electron chi connectivity index (χ4n) is 10.9. The molecule has 10 rings (SSSR count). The molecule has 12 heteroatoms. The molecule has 3 atom stereocenters. The molecule has 3 aliphatic rings. The molecule has 0 saturated heterocycles. The van der Waals surface area contributed by atoms with Crippen molar-refractivity contribution in [1.29, 1.82) is 0 Å². The number of rotatable bonds is 9. The number of benzene rings is 7. The number of ether oxygens (including phenoxy) is 6. The monoisotopic (exact) mass is 1010 g/mol. The number of phenolic OH excluding ortho intramolecular Hbond substituents is 3. The van der Waals surface area contributed by atoms with Gasteiger partial charge in [0.2, 0.25) is 0 Å². The minimum atomic E-state index is -0.834. The number of carbonyl (C=O) groups excluding carboxylic acids is 3. The van der Waals surface area contributed by atoms with E-state index < -0.39 is 35.3 Å². The van der Waals surface area contributed by atoms with Crippen LogP contribution < -0.4 is 14.2 Å². The lowest BCUT2D eigenvalue weighted by atomic mass is 9.77. The van der Waals surface area contributed by atoms with Gasteiger partial charge in [0.1, 0.15) is 51.3 Å². The molecule has 0 heterocycles. The number of hydrogen-bond acceptors (Lipinski definition) is 12. The molecule has 3 N–H and O–H groups in total. The van der Waals surface area contributed by atoms with Crippen LogP contribution >= 0.6 is 0 Å². The Kier molecular flexibility index (Phi) is 12.7. The zero-order valence-corrected chi connectivity index (χ0v) is 43.5. The maximum absolute atomic E-state index is 13.3. The largest absolute Gasteiger partial charge is 0.514 e. The van der Waals surface area contributed by atoms with Gasteiger partial charge in [-0.15, -0.1) is 0 Å². The molecular formula is C63H60O12. The lowest BCUT2D eigenvalue weighted by Crippen LogP contribution is -2.26. The van der Waals surface area contributed by atoms with Gasteiger partial charge in [0, 0.05) is 17.8 Å². The highest BCUT2D eigenvalue weighted by molar-refractivity contribution is 6.03. The Bertz CT molecular complexity index is 3010. The smallest absolute Gasteiger partial charge is 0.508 e. The van der Waals surface area contributed by atoms with Gasteiger partial charge in [-0.1, -0.05) is 54.6 Å². The van der Waals surface area contributed by atoms with Crippen LogP contribution in [-0.4, -0.2) is 50.6 Å². The molecule has 0 aliphatic heterocycles. The van der Waals surface area contributed by atoms with Crippen LogP contribution in [0.1, 0.15) is 130 Å². The van der Waals surface area contributed by atoms with Crippen molar-refractivity contribution in [2.45, 2.75) is 116 Å². The van der Waals surface area contributed by atoms with Crippen molar-refractivity contribution >= 4 is 18.5 Å². The number of phenols is 3. The third-order valence-corrected chi connectivity index (χ3v) is 13.6. The fourth-order valence-corrected chi connectivity index (χ4v) is 10.9. The molecule has 0 saturated carbocycles. The van der Waals surface area contributed by atoms with Crippen LogP contribution in [0.3, 0.4) is 0 Å². The molecule has 384 valence electrons. The number of aromatic hydroxyl groups is 3. The minimum Gasteiger partial charge on any atom is -0.508 e. The van der Waals surface area contributed by atoms with Crippen molar-refractivity contribution in [1.82, 2.24) is 0 Å². The average molecular weight is 1010 g/mol. The second kappa shape index (κ2) is 18.9. The SMILES string of the molecule is CC(C)(C)OC(=O)Oc1ccc2c(c1)C(Cc1ccc(O)cc1)c1c-2c2c(c3c1-c1ccc(OC(=O)OC(C)(C)C)cc1C3Cc1ccc(O)cc1)-c1ccc(OC(=O)OC(C)(C)C)cc1C2Cc1ccc(O)cc1. The maximum Gasteiger partial charge on any atom is 0.514 e. The molecule has 12 nitrogen and oxygen atoms in total. The zero-order valence-electron chi connectivity index (χ0n) is 43.5. The normalized spacial score (nSPS) is 15.9. The van der Waals surface area contributed by atoms with Crippen LogP contribution in [0.2, 0.25) is 0 Å². The molecule has 0 fully saturated rings. The second-order valence-corrected chi connectivity index (χ2v) is 22.6. The Labute approximate surface area is 436 Å².